The zero-order valence-corrected chi connectivity index (χ0v) is 21.8. The smallest absolute Gasteiger partial charge is 0.166 e. The average molecular weight is 488 g/mol. The fraction of sp³-hybridized carbons (Fsp3) is 0.548. The summed E-state index contributed by atoms with van der Waals surface area (Å²) in [7, 11) is 5.81. The number of aliphatic hydroxyl groups is 1. The van der Waals surface area contributed by atoms with E-state index in [4.69, 9.17) is 14.2 Å². The number of hydrogen-bond donors (Lipinski definition) is 1. The Morgan fingerprint density at radius 3 is 2.69 bits per heavy atom. The van der Waals surface area contributed by atoms with Crippen molar-refractivity contribution in [3.05, 3.63) is 71.3 Å². The SMILES string of the molecule is COc1ccc2c3c1O[C@H]1C4(OC)C=C[C@@]5(CC4C(C)(O)CCc4ccccc4)[C@@H](C2)N(C)CC[C@]315. The lowest BCUT2D eigenvalue weighted by atomic mass is 9.36. The van der Waals surface area contributed by atoms with Gasteiger partial charge in [0.15, 0.2) is 11.5 Å². The van der Waals surface area contributed by atoms with Crippen molar-refractivity contribution in [1.29, 1.82) is 0 Å². The second-order valence-electron chi connectivity index (χ2n) is 12.1. The fourth-order valence-corrected chi connectivity index (χ4v) is 9.13. The first kappa shape index (κ1) is 22.8. The number of hydrogen-bond acceptors (Lipinski definition) is 5. The summed E-state index contributed by atoms with van der Waals surface area (Å²) in [5, 5.41) is 12.2. The van der Waals surface area contributed by atoms with Gasteiger partial charge in [0.2, 0.25) is 0 Å². The first-order valence-corrected chi connectivity index (χ1v) is 13.4. The highest BCUT2D eigenvalue weighted by Gasteiger charge is 2.80. The van der Waals surface area contributed by atoms with Crippen molar-refractivity contribution in [2.75, 3.05) is 27.8 Å². The number of rotatable bonds is 6. The van der Waals surface area contributed by atoms with E-state index >= 15 is 0 Å². The average Bonchev–Trinajstić information content (AvgIpc) is 3.27. The van der Waals surface area contributed by atoms with Crippen LogP contribution in [0.25, 0.3) is 0 Å². The van der Waals surface area contributed by atoms with Gasteiger partial charge in [-0.15, -0.1) is 0 Å². The number of likely N-dealkylation sites (tertiary alicyclic amines) is 1. The molecular weight excluding hydrogens is 450 g/mol. The van der Waals surface area contributed by atoms with Crippen LogP contribution < -0.4 is 9.47 Å². The predicted molar refractivity (Wildman–Crippen MR) is 139 cm³/mol. The summed E-state index contributed by atoms with van der Waals surface area (Å²) in [4.78, 5) is 2.55. The van der Waals surface area contributed by atoms with Gasteiger partial charge in [0, 0.05) is 30.0 Å². The number of likely N-dealkylation sites (N-methyl/N-ethyl adjacent to an activating group) is 1. The van der Waals surface area contributed by atoms with Gasteiger partial charge in [-0.05, 0) is 69.8 Å². The number of fused-ring (bicyclic) bond motifs is 1. The monoisotopic (exact) mass is 487 g/mol. The zero-order chi connectivity index (χ0) is 24.9. The molecule has 5 nitrogen and oxygen atoms in total. The molecule has 2 fully saturated rings. The minimum Gasteiger partial charge on any atom is -0.493 e. The second kappa shape index (κ2) is 7.37. The maximum Gasteiger partial charge on any atom is 0.166 e. The molecule has 36 heavy (non-hydrogen) atoms. The van der Waals surface area contributed by atoms with Crippen LogP contribution in [0.4, 0.5) is 0 Å². The van der Waals surface area contributed by atoms with Crippen molar-refractivity contribution in [1.82, 2.24) is 4.90 Å². The Morgan fingerprint density at radius 2 is 1.94 bits per heavy atom. The number of methoxy groups -OCH3 is 2. The molecule has 2 spiro atoms. The van der Waals surface area contributed by atoms with Crippen LogP contribution >= 0.6 is 0 Å². The molecule has 190 valence electrons. The number of piperidine rings is 1. The van der Waals surface area contributed by atoms with Gasteiger partial charge in [0.05, 0.1) is 18.1 Å². The van der Waals surface area contributed by atoms with E-state index in [0.29, 0.717) is 12.5 Å². The van der Waals surface area contributed by atoms with Crippen molar-refractivity contribution in [2.45, 2.75) is 67.8 Å². The lowest BCUT2D eigenvalue weighted by Gasteiger charge is -2.72. The first-order chi connectivity index (χ1) is 17.3. The van der Waals surface area contributed by atoms with Gasteiger partial charge in [0.25, 0.3) is 0 Å². The largest absolute Gasteiger partial charge is 0.493 e. The van der Waals surface area contributed by atoms with Crippen LogP contribution in [0.3, 0.4) is 0 Å². The minimum absolute atomic E-state index is 0.0855. The third-order valence-corrected chi connectivity index (χ3v) is 10.8. The predicted octanol–water partition coefficient (Wildman–Crippen LogP) is 4.30. The zero-order valence-electron chi connectivity index (χ0n) is 21.8. The van der Waals surface area contributed by atoms with E-state index in [-0.39, 0.29) is 22.9 Å². The molecule has 1 saturated carbocycles. The molecule has 1 N–H and O–H groups in total. The van der Waals surface area contributed by atoms with Crippen LogP contribution in [-0.2, 0) is 23.0 Å². The molecular formula is C31H37NO4. The molecule has 0 aromatic heterocycles. The van der Waals surface area contributed by atoms with Crippen LogP contribution in [0.1, 0.15) is 42.9 Å². The molecule has 2 aliphatic heterocycles. The highest BCUT2D eigenvalue weighted by molar-refractivity contribution is 5.65. The third-order valence-electron chi connectivity index (χ3n) is 10.8. The molecule has 2 heterocycles. The van der Waals surface area contributed by atoms with Crippen LogP contribution in [-0.4, -0.2) is 61.2 Å². The molecule has 6 aliphatic rings. The normalized spacial score (nSPS) is 38.9. The lowest BCUT2D eigenvalue weighted by molar-refractivity contribution is -0.247. The Bertz CT molecular complexity index is 1240. The van der Waals surface area contributed by atoms with E-state index in [1.54, 1.807) is 14.2 Å². The molecule has 8 rings (SSSR count). The van der Waals surface area contributed by atoms with Crippen molar-refractivity contribution in [3.8, 4) is 11.5 Å². The highest BCUT2D eigenvalue weighted by Crippen LogP contribution is 2.75. The standard InChI is InChI=1S/C31H37NO4/c1-28(33,13-12-20-8-6-5-7-9-20)23-19-29-14-15-31(23,35-4)27-30(29)16-17-32(2)24(29)18-21-10-11-22(34-3)26(36-27)25(21)30/h5-11,14-15,23-24,27,33H,12-13,16-19H2,1-4H3/t23?,24-,27-,28?,29-,30+,31?/m1/s1. The van der Waals surface area contributed by atoms with Crippen molar-refractivity contribution in [3.63, 3.8) is 0 Å². The molecule has 7 atom stereocenters. The Hall–Kier alpha value is -2.34. The first-order valence-electron chi connectivity index (χ1n) is 13.4. The van der Waals surface area contributed by atoms with Gasteiger partial charge in [-0.2, -0.15) is 0 Å². The maximum atomic E-state index is 12.2. The van der Waals surface area contributed by atoms with Gasteiger partial charge in [-0.1, -0.05) is 48.6 Å². The van der Waals surface area contributed by atoms with Crippen LogP contribution in [0.15, 0.2) is 54.6 Å². The fourth-order valence-electron chi connectivity index (χ4n) is 9.13. The van der Waals surface area contributed by atoms with Crippen molar-refractivity contribution >= 4 is 0 Å². The van der Waals surface area contributed by atoms with Crippen molar-refractivity contribution in [2.24, 2.45) is 11.3 Å². The minimum atomic E-state index is -0.916. The Morgan fingerprint density at radius 1 is 1.14 bits per heavy atom. The quantitative estimate of drug-likeness (QED) is 0.616. The highest BCUT2D eigenvalue weighted by atomic mass is 16.6. The lowest BCUT2D eigenvalue weighted by Crippen LogP contribution is -2.80. The number of aryl methyl sites for hydroxylation is 1. The van der Waals surface area contributed by atoms with Gasteiger partial charge in [-0.3, -0.25) is 0 Å². The molecule has 5 heteroatoms. The molecule has 2 aromatic carbocycles. The molecule has 0 amide bonds. The Labute approximate surface area is 214 Å². The summed E-state index contributed by atoms with van der Waals surface area (Å²) in [6.45, 7) is 3.06. The van der Waals surface area contributed by atoms with Gasteiger partial charge >= 0.3 is 0 Å². The van der Waals surface area contributed by atoms with Crippen LogP contribution in [0.2, 0.25) is 0 Å². The molecule has 4 aliphatic carbocycles. The summed E-state index contributed by atoms with van der Waals surface area (Å²) in [6.07, 6.45) is 8.97. The van der Waals surface area contributed by atoms with E-state index in [0.717, 1.165) is 43.7 Å². The summed E-state index contributed by atoms with van der Waals surface area (Å²) in [5.74, 6) is 1.63. The number of nitrogens with zero attached hydrogens (tertiary/aromatic N) is 1. The maximum absolute atomic E-state index is 12.2. The summed E-state index contributed by atoms with van der Waals surface area (Å²) in [6, 6.07) is 15.2. The molecule has 1 saturated heterocycles. The Kier molecular flexibility index (Phi) is 4.67. The molecule has 3 unspecified atom stereocenters. The van der Waals surface area contributed by atoms with Crippen LogP contribution in [0.5, 0.6) is 11.5 Å². The number of benzene rings is 2. The van der Waals surface area contributed by atoms with Crippen LogP contribution in [0, 0.1) is 11.3 Å². The molecule has 0 radical (unpaired) electrons. The van der Waals surface area contributed by atoms with E-state index in [2.05, 4.69) is 60.5 Å². The summed E-state index contributed by atoms with van der Waals surface area (Å²) in [5.41, 5.74) is 2.08. The van der Waals surface area contributed by atoms with Gasteiger partial charge < -0.3 is 24.2 Å². The van der Waals surface area contributed by atoms with Gasteiger partial charge in [0.1, 0.15) is 11.7 Å². The topological polar surface area (TPSA) is 51.2 Å². The number of ether oxygens (including phenoxy) is 3. The summed E-state index contributed by atoms with van der Waals surface area (Å²) < 4.78 is 19.4. The van der Waals surface area contributed by atoms with Crippen molar-refractivity contribution < 1.29 is 19.3 Å². The third kappa shape index (κ3) is 2.52. The van der Waals surface area contributed by atoms with E-state index in [1.807, 2.05) is 13.0 Å². The Balaban J connectivity index is 1.39. The van der Waals surface area contributed by atoms with E-state index < -0.39 is 11.2 Å². The summed E-state index contributed by atoms with van der Waals surface area (Å²) >= 11 is 0. The van der Waals surface area contributed by atoms with E-state index in [9.17, 15) is 5.11 Å². The van der Waals surface area contributed by atoms with E-state index in [1.165, 1.54) is 16.7 Å². The molecule has 4 bridgehead atoms. The second-order valence-corrected chi connectivity index (χ2v) is 12.1. The molecule has 2 aromatic rings. The van der Waals surface area contributed by atoms with Gasteiger partial charge in [-0.25, -0.2) is 0 Å².